The molecule has 1 heteroatoms. The molecule has 66 valence electrons. The quantitative estimate of drug-likeness (QED) is 0.645. The third-order valence-electron chi connectivity index (χ3n) is 2.33. The normalized spacial score (nSPS) is 10.2. The zero-order valence-corrected chi connectivity index (χ0v) is 7.93. The van der Waals surface area contributed by atoms with Gasteiger partial charge in [-0.15, -0.1) is 0 Å². The highest BCUT2D eigenvalue weighted by Crippen LogP contribution is 2.12. The van der Waals surface area contributed by atoms with E-state index in [0.29, 0.717) is 0 Å². The fourth-order valence-electron chi connectivity index (χ4n) is 1.34. The minimum atomic E-state index is 1.07. The van der Waals surface area contributed by atoms with Crippen LogP contribution in [0.3, 0.4) is 0 Å². The predicted octanol–water partition coefficient (Wildman–Crippen LogP) is 1.20. The molecule has 0 amide bonds. The molecule has 1 aromatic rings. The van der Waals surface area contributed by atoms with Crippen molar-refractivity contribution in [3.8, 4) is 0 Å². The molecule has 0 spiro atoms. The van der Waals surface area contributed by atoms with Crippen LogP contribution in [0, 0.1) is 20.9 Å². The summed E-state index contributed by atoms with van der Waals surface area (Å²) in [7, 11) is 3.73. The fourth-order valence-corrected chi connectivity index (χ4v) is 1.34. The van der Waals surface area contributed by atoms with E-state index in [1.54, 1.807) is 0 Å². The molecule has 1 rings (SSSR count). The van der Waals surface area contributed by atoms with Gasteiger partial charge in [-0.25, -0.2) is 0 Å². The van der Waals surface area contributed by atoms with Crippen LogP contribution in [0.4, 0.5) is 0 Å². The molecule has 2 N–H and O–H groups in total. The Morgan fingerprint density at radius 2 is 2.08 bits per heavy atom. The van der Waals surface area contributed by atoms with E-state index in [1.165, 1.54) is 16.7 Å². The van der Waals surface area contributed by atoms with Gasteiger partial charge in [-0.1, -0.05) is 18.2 Å². The van der Waals surface area contributed by atoms with Crippen LogP contribution in [0.25, 0.3) is 0 Å². The molecule has 0 radical (unpaired) electrons. The maximum atomic E-state index is 3.73. The van der Waals surface area contributed by atoms with Crippen LogP contribution in [0.5, 0.6) is 0 Å². The van der Waals surface area contributed by atoms with Crippen molar-refractivity contribution in [2.24, 2.45) is 0 Å². The molecule has 0 saturated carbocycles. The Morgan fingerprint density at radius 1 is 1.33 bits per heavy atom. The van der Waals surface area contributed by atoms with Gasteiger partial charge in [0, 0.05) is 6.42 Å². The summed E-state index contributed by atoms with van der Waals surface area (Å²) < 4.78 is 0. The van der Waals surface area contributed by atoms with E-state index in [2.05, 4.69) is 39.1 Å². The van der Waals surface area contributed by atoms with Crippen LogP contribution < -0.4 is 5.32 Å². The van der Waals surface area contributed by atoms with E-state index >= 15 is 0 Å². The molecule has 0 saturated heterocycles. The highest BCUT2D eigenvalue weighted by Gasteiger charge is 1.99. The van der Waals surface area contributed by atoms with E-state index in [9.17, 15) is 0 Å². The molecule has 0 heterocycles. The summed E-state index contributed by atoms with van der Waals surface area (Å²) in [4.78, 5) is 0. The Balaban J connectivity index is 2.78. The van der Waals surface area contributed by atoms with Crippen LogP contribution in [0.15, 0.2) is 18.2 Å². The lowest BCUT2D eigenvalue weighted by molar-refractivity contribution is -0.594. The standard InChI is InChI=1S/C11H17N/c1-9-5-4-6-11(10(9)2)7-8-12-3/h4-6H,3,7-8,12H2,1-2H3. The number of quaternary nitrogens is 1. The number of hydrogen-bond acceptors (Lipinski definition) is 0. The average molecular weight is 163 g/mol. The van der Waals surface area contributed by atoms with Crippen molar-refractivity contribution < 1.29 is 5.32 Å². The number of aryl methyl sites for hydroxylation is 1. The van der Waals surface area contributed by atoms with E-state index in [-0.39, 0.29) is 0 Å². The molecule has 0 fully saturated rings. The maximum absolute atomic E-state index is 3.73. The zero-order valence-electron chi connectivity index (χ0n) is 7.93. The van der Waals surface area contributed by atoms with Gasteiger partial charge in [-0.3, -0.25) is 0 Å². The van der Waals surface area contributed by atoms with Gasteiger partial charge < -0.3 is 5.32 Å². The fraction of sp³-hybridized carbons (Fsp3) is 0.364. The Bertz CT molecular complexity index is 253. The van der Waals surface area contributed by atoms with Gasteiger partial charge in [0.25, 0.3) is 0 Å². The first-order valence-corrected chi connectivity index (χ1v) is 4.41. The van der Waals surface area contributed by atoms with Gasteiger partial charge in [0.2, 0.25) is 0 Å². The second kappa shape index (κ2) is 4.27. The summed E-state index contributed by atoms with van der Waals surface area (Å²) in [5, 5.41) is 1.97. The van der Waals surface area contributed by atoms with Crippen molar-refractivity contribution in [2.75, 3.05) is 6.54 Å². The van der Waals surface area contributed by atoms with E-state index in [4.69, 9.17) is 0 Å². The van der Waals surface area contributed by atoms with Crippen molar-refractivity contribution in [2.45, 2.75) is 20.3 Å². The monoisotopic (exact) mass is 163 g/mol. The molecule has 12 heavy (non-hydrogen) atoms. The first kappa shape index (κ1) is 9.27. The highest BCUT2D eigenvalue weighted by molar-refractivity contribution is 5.33. The molecule has 0 aromatic heterocycles. The molecule has 0 aliphatic carbocycles. The Morgan fingerprint density at radius 3 is 2.75 bits per heavy atom. The first-order chi connectivity index (χ1) is 5.75. The summed E-state index contributed by atoms with van der Waals surface area (Å²) in [5.41, 5.74) is 4.27. The molecular weight excluding hydrogens is 146 g/mol. The third-order valence-corrected chi connectivity index (χ3v) is 2.33. The summed E-state index contributed by atoms with van der Waals surface area (Å²) in [5.74, 6) is 0. The lowest BCUT2D eigenvalue weighted by Crippen LogP contribution is -2.77. The van der Waals surface area contributed by atoms with Crippen molar-refractivity contribution in [3.05, 3.63) is 41.9 Å². The third kappa shape index (κ3) is 2.08. The van der Waals surface area contributed by atoms with E-state index in [0.717, 1.165) is 13.0 Å². The minimum absolute atomic E-state index is 1.07. The topological polar surface area (TPSA) is 16.6 Å². The van der Waals surface area contributed by atoms with Gasteiger partial charge in [-0.2, -0.15) is 7.05 Å². The smallest absolute Gasteiger partial charge is 0.0556 e. The second-order valence-electron chi connectivity index (χ2n) is 3.19. The van der Waals surface area contributed by atoms with Crippen LogP contribution in [-0.4, -0.2) is 6.54 Å². The van der Waals surface area contributed by atoms with Gasteiger partial charge in [0.05, 0.1) is 6.54 Å². The van der Waals surface area contributed by atoms with Gasteiger partial charge in [0.1, 0.15) is 0 Å². The average Bonchev–Trinajstić information content (AvgIpc) is 2.08. The SMILES string of the molecule is [CH2-][NH2+]CCc1cccc(C)c1C. The number of benzene rings is 1. The molecule has 0 bridgehead atoms. The predicted molar refractivity (Wildman–Crippen MR) is 51.8 cm³/mol. The zero-order chi connectivity index (χ0) is 8.97. The lowest BCUT2D eigenvalue weighted by atomic mass is 10.0. The van der Waals surface area contributed by atoms with Gasteiger partial charge >= 0.3 is 0 Å². The molecule has 0 atom stereocenters. The van der Waals surface area contributed by atoms with Crippen molar-refractivity contribution in [1.29, 1.82) is 0 Å². The van der Waals surface area contributed by atoms with Gasteiger partial charge in [0.15, 0.2) is 0 Å². The summed E-state index contributed by atoms with van der Waals surface area (Å²) >= 11 is 0. The maximum Gasteiger partial charge on any atom is 0.0556 e. The van der Waals surface area contributed by atoms with Crippen molar-refractivity contribution in [1.82, 2.24) is 0 Å². The van der Waals surface area contributed by atoms with E-state index < -0.39 is 0 Å². The summed E-state index contributed by atoms with van der Waals surface area (Å²) in [6.45, 7) is 5.42. The lowest BCUT2D eigenvalue weighted by Gasteiger charge is -2.07. The Hall–Kier alpha value is -0.820. The van der Waals surface area contributed by atoms with Crippen LogP contribution in [0.2, 0.25) is 0 Å². The molecule has 1 aromatic carbocycles. The summed E-state index contributed by atoms with van der Waals surface area (Å²) in [6.07, 6.45) is 1.12. The molecule has 0 aliphatic heterocycles. The van der Waals surface area contributed by atoms with Crippen LogP contribution in [-0.2, 0) is 6.42 Å². The van der Waals surface area contributed by atoms with E-state index in [1.807, 2.05) is 5.32 Å². The Labute approximate surface area is 74.8 Å². The largest absolute Gasteiger partial charge is 0.479 e. The highest BCUT2D eigenvalue weighted by atomic mass is 14.8. The van der Waals surface area contributed by atoms with Crippen molar-refractivity contribution >= 4 is 0 Å². The minimum Gasteiger partial charge on any atom is -0.479 e. The van der Waals surface area contributed by atoms with Crippen LogP contribution in [0.1, 0.15) is 16.7 Å². The molecule has 0 aliphatic rings. The first-order valence-electron chi connectivity index (χ1n) is 4.41. The number of hydrogen-bond donors (Lipinski definition) is 1. The van der Waals surface area contributed by atoms with Crippen LogP contribution >= 0.6 is 0 Å². The Kier molecular flexibility index (Phi) is 3.30. The second-order valence-corrected chi connectivity index (χ2v) is 3.19. The van der Waals surface area contributed by atoms with Gasteiger partial charge in [-0.05, 0) is 30.5 Å². The summed E-state index contributed by atoms with van der Waals surface area (Å²) in [6, 6.07) is 6.49. The molecule has 0 unspecified atom stereocenters. The number of rotatable bonds is 3. The van der Waals surface area contributed by atoms with Crippen molar-refractivity contribution in [3.63, 3.8) is 0 Å². The molecule has 1 nitrogen and oxygen atoms in total. The molecular formula is C11H17N. The number of nitrogens with two attached hydrogens (primary N) is 1.